The molecule has 3 aromatic rings. The number of rotatable bonds is 3. The largest absolute Gasteiger partial charge is 0.421 e. The van der Waals surface area contributed by atoms with E-state index >= 15 is 0 Å². The van der Waals surface area contributed by atoms with E-state index in [1.54, 1.807) is 0 Å². The average molecular weight is 358 g/mol. The van der Waals surface area contributed by atoms with Gasteiger partial charge in [-0.05, 0) is 36.4 Å². The molecule has 0 aliphatic heterocycles. The molecule has 0 fully saturated rings. The molecule has 2 amide bonds. The lowest BCUT2D eigenvalue weighted by Gasteiger charge is -2.08. The van der Waals surface area contributed by atoms with Crippen molar-refractivity contribution in [2.75, 3.05) is 10.6 Å². The van der Waals surface area contributed by atoms with E-state index in [2.05, 4.69) is 10.6 Å². The Bertz CT molecular complexity index is 1070. The van der Waals surface area contributed by atoms with Crippen LogP contribution < -0.4 is 16.3 Å². The fourth-order valence-electron chi connectivity index (χ4n) is 2.39. The summed E-state index contributed by atoms with van der Waals surface area (Å²) in [7, 11) is 0. The third-order valence-electron chi connectivity index (χ3n) is 3.49. The van der Waals surface area contributed by atoms with Crippen LogP contribution in [0, 0.1) is 11.6 Å². The number of hydrogen-bond acceptors (Lipinski definition) is 4. The number of carbonyl (C=O) groups is 2. The monoisotopic (exact) mass is 358 g/mol. The summed E-state index contributed by atoms with van der Waals surface area (Å²) in [5, 5.41) is 5.12. The number of nitrogens with one attached hydrogen (secondary N) is 2. The predicted octanol–water partition coefficient (Wildman–Crippen LogP) is 3.28. The molecule has 26 heavy (non-hydrogen) atoms. The second-order valence-corrected chi connectivity index (χ2v) is 5.43. The summed E-state index contributed by atoms with van der Waals surface area (Å²) in [6.07, 6.45) is 0. The van der Waals surface area contributed by atoms with Gasteiger partial charge in [-0.15, -0.1) is 0 Å². The SMILES string of the molecule is CC(=O)Nc1cc2cc(NC(=O)c3c(F)cccc3F)ccc2oc1=O. The minimum absolute atomic E-state index is 0.0615. The normalized spacial score (nSPS) is 10.6. The third-order valence-corrected chi connectivity index (χ3v) is 3.49. The second-order valence-electron chi connectivity index (χ2n) is 5.43. The van der Waals surface area contributed by atoms with E-state index in [9.17, 15) is 23.2 Å². The van der Waals surface area contributed by atoms with Crippen LogP contribution in [0.15, 0.2) is 51.7 Å². The Morgan fingerprint density at radius 3 is 2.35 bits per heavy atom. The maximum absolute atomic E-state index is 13.7. The van der Waals surface area contributed by atoms with Crippen LogP contribution in [0.2, 0.25) is 0 Å². The van der Waals surface area contributed by atoms with E-state index < -0.39 is 34.6 Å². The van der Waals surface area contributed by atoms with Gasteiger partial charge in [-0.25, -0.2) is 13.6 Å². The van der Waals surface area contributed by atoms with Crippen molar-refractivity contribution in [2.45, 2.75) is 6.92 Å². The van der Waals surface area contributed by atoms with E-state index in [4.69, 9.17) is 4.42 Å². The van der Waals surface area contributed by atoms with Crippen molar-refractivity contribution in [3.63, 3.8) is 0 Å². The van der Waals surface area contributed by atoms with Crippen molar-refractivity contribution < 1.29 is 22.8 Å². The number of carbonyl (C=O) groups excluding carboxylic acids is 2. The topological polar surface area (TPSA) is 88.4 Å². The zero-order valence-electron chi connectivity index (χ0n) is 13.4. The van der Waals surface area contributed by atoms with Gasteiger partial charge in [-0.1, -0.05) is 6.07 Å². The fourth-order valence-corrected chi connectivity index (χ4v) is 2.39. The molecule has 0 aliphatic carbocycles. The molecule has 132 valence electrons. The maximum Gasteiger partial charge on any atom is 0.360 e. The van der Waals surface area contributed by atoms with Gasteiger partial charge in [0, 0.05) is 18.0 Å². The smallest absolute Gasteiger partial charge is 0.360 e. The summed E-state index contributed by atoms with van der Waals surface area (Å²) >= 11 is 0. The second kappa shape index (κ2) is 6.75. The predicted molar refractivity (Wildman–Crippen MR) is 91.1 cm³/mol. The molecule has 0 unspecified atom stereocenters. The van der Waals surface area contributed by atoms with Gasteiger partial charge in [0.25, 0.3) is 5.91 Å². The third kappa shape index (κ3) is 3.44. The van der Waals surface area contributed by atoms with E-state index in [1.807, 2.05) is 0 Å². The summed E-state index contributed by atoms with van der Waals surface area (Å²) in [6.45, 7) is 1.24. The zero-order valence-corrected chi connectivity index (χ0v) is 13.4. The van der Waals surface area contributed by atoms with Gasteiger partial charge < -0.3 is 15.1 Å². The van der Waals surface area contributed by atoms with Crippen LogP contribution in [0.3, 0.4) is 0 Å². The van der Waals surface area contributed by atoms with Crippen LogP contribution >= 0.6 is 0 Å². The molecule has 0 atom stereocenters. The summed E-state index contributed by atoms with van der Waals surface area (Å²) in [5.41, 5.74) is -1.04. The van der Waals surface area contributed by atoms with E-state index in [-0.39, 0.29) is 17.0 Å². The maximum atomic E-state index is 13.7. The van der Waals surface area contributed by atoms with Crippen molar-refractivity contribution in [2.24, 2.45) is 0 Å². The van der Waals surface area contributed by atoms with Gasteiger partial charge in [-0.2, -0.15) is 0 Å². The molecule has 2 N–H and O–H groups in total. The molecular formula is C18H12F2N2O4. The first-order valence-electron chi connectivity index (χ1n) is 7.46. The zero-order chi connectivity index (χ0) is 18.8. The van der Waals surface area contributed by atoms with E-state index in [1.165, 1.54) is 31.2 Å². The quantitative estimate of drug-likeness (QED) is 0.703. The highest BCUT2D eigenvalue weighted by atomic mass is 19.1. The minimum Gasteiger partial charge on any atom is -0.421 e. The molecular weight excluding hydrogens is 346 g/mol. The van der Waals surface area contributed by atoms with E-state index in [0.29, 0.717) is 5.39 Å². The molecule has 1 aromatic heterocycles. The van der Waals surface area contributed by atoms with Crippen molar-refractivity contribution in [3.05, 3.63) is 70.1 Å². The van der Waals surface area contributed by atoms with Gasteiger partial charge >= 0.3 is 5.63 Å². The highest BCUT2D eigenvalue weighted by Gasteiger charge is 2.17. The first-order chi connectivity index (χ1) is 12.3. The summed E-state index contributed by atoms with van der Waals surface area (Å²) < 4.78 is 32.4. The first kappa shape index (κ1) is 17.3. The van der Waals surface area contributed by atoms with Crippen molar-refractivity contribution in [3.8, 4) is 0 Å². The Morgan fingerprint density at radius 1 is 1.00 bits per heavy atom. The Kier molecular flexibility index (Phi) is 4.49. The van der Waals surface area contributed by atoms with Crippen molar-refractivity contribution >= 4 is 34.2 Å². The van der Waals surface area contributed by atoms with Crippen LogP contribution in [-0.2, 0) is 4.79 Å². The molecule has 6 nitrogen and oxygen atoms in total. The molecule has 0 radical (unpaired) electrons. The number of amides is 2. The molecule has 8 heteroatoms. The lowest BCUT2D eigenvalue weighted by molar-refractivity contribution is -0.114. The van der Waals surface area contributed by atoms with Crippen LogP contribution in [0.1, 0.15) is 17.3 Å². The highest BCUT2D eigenvalue weighted by Crippen LogP contribution is 2.22. The minimum atomic E-state index is -0.984. The summed E-state index contributed by atoms with van der Waals surface area (Å²) in [6, 6.07) is 8.77. The molecule has 0 saturated carbocycles. The van der Waals surface area contributed by atoms with Gasteiger partial charge in [0.05, 0.1) is 0 Å². The number of fused-ring (bicyclic) bond motifs is 1. The highest BCUT2D eigenvalue weighted by molar-refractivity contribution is 6.05. The lowest BCUT2D eigenvalue weighted by Crippen LogP contribution is -2.16. The molecule has 0 spiro atoms. The van der Waals surface area contributed by atoms with Gasteiger partial charge in [-0.3, -0.25) is 9.59 Å². The molecule has 1 heterocycles. The standard InChI is InChI=1S/C18H12F2N2O4/c1-9(23)21-14-8-10-7-11(5-6-15(10)26-18(14)25)22-17(24)16-12(19)3-2-4-13(16)20/h2-8H,1H3,(H,21,23)(H,22,24). The molecule has 2 aromatic carbocycles. The molecule has 3 rings (SSSR count). The molecule has 0 bridgehead atoms. The lowest BCUT2D eigenvalue weighted by atomic mass is 10.1. The number of hydrogen-bond donors (Lipinski definition) is 2. The van der Waals surface area contributed by atoms with Gasteiger partial charge in [0.1, 0.15) is 28.5 Å². The fraction of sp³-hybridized carbons (Fsp3) is 0.0556. The van der Waals surface area contributed by atoms with Crippen LogP contribution in [0.25, 0.3) is 11.0 Å². The Labute approximate surface area is 145 Å². The van der Waals surface area contributed by atoms with Crippen molar-refractivity contribution in [1.82, 2.24) is 0 Å². The Balaban J connectivity index is 1.96. The number of benzene rings is 2. The van der Waals surface area contributed by atoms with Gasteiger partial charge in [0.15, 0.2) is 0 Å². The van der Waals surface area contributed by atoms with Crippen LogP contribution in [-0.4, -0.2) is 11.8 Å². The van der Waals surface area contributed by atoms with E-state index in [0.717, 1.165) is 18.2 Å². The Morgan fingerprint density at radius 2 is 1.69 bits per heavy atom. The summed E-state index contributed by atoms with van der Waals surface area (Å²) in [4.78, 5) is 35.0. The first-order valence-corrected chi connectivity index (χ1v) is 7.46. The molecule has 0 saturated heterocycles. The summed E-state index contributed by atoms with van der Waals surface area (Å²) in [5.74, 6) is -3.37. The van der Waals surface area contributed by atoms with Crippen LogP contribution in [0.4, 0.5) is 20.2 Å². The number of halogens is 2. The van der Waals surface area contributed by atoms with Crippen LogP contribution in [0.5, 0.6) is 0 Å². The average Bonchev–Trinajstić information content (AvgIpc) is 2.55. The van der Waals surface area contributed by atoms with Crippen molar-refractivity contribution in [1.29, 1.82) is 0 Å². The molecule has 0 aliphatic rings. The Hall–Kier alpha value is -3.55. The number of anilines is 2. The van der Waals surface area contributed by atoms with Gasteiger partial charge in [0.2, 0.25) is 5.91 Å².